The molecule has 1 fully saturated rings. The summed E-state index contributed by atoms with van der Waals surface area (Å²) in [5, 5.41) is 5.32. The van der Waals surface area contributed by atoms with Gasteiger partial charge in [-0.15, -0.1) is 0 Å². The minimum atomic E-state index is 0.0183. The van der Waals surface area contributed by atoms with Crippen molar-refractivity contribution in [3.63, 3.8) is 0 Å². The smallest absolute Gasteiger partial charge is 0.216 e. The van der Waals surface area contributed by atoms with Crippen LogP contribution in [0, 0.1) is 6.92 Å². The Morgan fingerprint density at radius 3 is 2.81 bits per heavy atom. The van der Waals surface area contributed by atoms with E-state index in [9.17, 15) is 4.79 Å². The standard InChI is InChI=1S/C18H21NO2/c1-12-9-14-3-4-17(21-16-5-6-16)11-18(14)15(10-12)7-8-19-13(2)20/h3-4,9-11,16H,5-8H2,1-2H3,(H,19,20). The zero-order valence-corrected chi connectivity index (χ0v) is 12.6. The molecule has 3 heteroatoms. The number of aryl methyl sites for hydroxylation is 1. The van der Waals surface area contributed by atoms with Gasteiger partial charge in [-0.25, -0.2) is 0 Å². The van der Waals surface area contributed by atoms with Crippen molar-refractivity contribution in [3.05, 3.63) is 41.5 Å². The van der Waals surface area contributed by atoms with Gasteiger partial charge < -0.3 is 10.1 Å². The fraction of sp³-hybridized carbons (Fsp3) is 0.389. The van der Waals surface area contributed by atoms with Crippen molar-refractivity contribution < 1.29 is 9.53 Å². The molecule has 1 aliphatic carbocycles. The van der Waals surface area contributed by atoms with E-state index in [-0.39, 0.29) is 5.91 Å². The first-order valence-corrected chi connectivity index (χ1v) is 7.56. The molecule has 1 aliphatic rings. The van der Waals surface area contributed by atoms with Gasteiger partial charge in [0.25, 0.3) is 0 Å². The van der Waals surface area contributed by atoms with Crippen LogP contribution in [0.5, 0.6) is 5.75 Å². The van der Waals surface area contributed by atoms with Gasteiger partial charge in [0, 0.05) is 13.5 Å². The normalized spacial score (nSPS) is 14.2. The molecule has 1 amide bonds. The SMILES string of the molecule is CC(=O)NCCc1cc(C)cc2ccc(OC3CC3)cc12. The molecular weight excluding hydrogens is 262 g/mol. The van der Waals surface area contributed by atoms with Crippen LogP contribution in [0.1, 0.15) is 30.9 Å². The summed E-state index contributed by atoms with van der Waals surface area (Å²) in [4.78, 5) is 11.0. The zero-order chi connectivity index (χ0) is 14.8. The molecule has 2 aromatic carbocycles. The first-order chi connectivity index (χ1) is 10.1. The quantitative estimate of drug-likeness (QED) is 0.913. The highest BCUT2D eigenvalue weighted by atomic mass is 16.5. The third-order valence-electron chi connectivity index (χ3n) is 3.75. The number of fused-ring (bicyclic) bond motifs is 1. The predicted octanol–water partition coefficient (Wildman–Crippen LogP) is 3.37. The summed E-state index contributed by atoms with van der Waals surface area (Å²) < 4.78 is 5.89. The van der Waals surface area contributed by atoms with Gasteiger partial charge in [-0.2, -0.15) is 0 Å². The Balaban J connectivity index is 1.89. The Labute approximate surface area is 125 Å². The molecule has 1 N–H and O–H groups in total. The van der Waals surface area contributed by atoms with Crippen molar-refractivity contribution in [1.29, 1.82) is 0 Å². The van der Waals surface area contributed by atoms with Crippen LogP contribution in [0.2, 0.25) is 0 Å². The lowest BCUT2D eigenvalue weighted by atomic mass is 9.99. The minimum absolute atomic E-state index is 0.0183. The van der Waals surface area contributed by atoms with Crippen LogP contribution in [0.3, 0.4) is 0 Å². The van der Waals surface area contributed by atoms with Gasteiger partial charge in [-0.05, 0) is 54.7 Å². The number of amides is 1. The number of ether oxygens (including phenoxy) is 1. The van der Waals surface area contributed by atoms with E-state index in [0.29, 0.717) is 12.6 Å². The number of carbonyl (C=O) groups is 1. The van der Waals surface area contributed by atoms with Crippen molar-refractivity contribution in [3.8, 4) is 5.75 Å². The average Bonchev–Trinajstić information content (AvgIpc) is 3.23. The van der Waals surface area contributed by atoms with Gasteiger partial charge in [0.2, 0.25) is 5.91 Å². The Morgan fingerprint density at radius 1 is 1.29 bits per heavy atom. The molecule has 0 atom stereocenters. The summed E-state index contributed by atoms with van der Waals surface area (Å²) in [6.45, 7) is 4.33. The molecule has 3 nitrogen and oxygen atoms in total. The first-order valence-electron chi connectivity index (χ1n) is 7.56. The molecule has 110 valence electrons. The summed E-state index contributed by atoms with van der Waals surface area (Å²) in [6.07, 6.45) is 3.59. The van der Waals surface area contributed by atoms with Crippen LogP contribution in [0.25, 0.3) is 10.8 Å². The maximum atomic E-state index is 11.0. The third kappa shape index (κ3) is 3.54. The Hall–Kier alpha value is -2.03. The van der Waals surface area contributed by atoms with Gasteiger partial charge in [0.05, 0.1) is 6.10 Å². The van der Waals surface area contributed by atoms with E-state index < -0.39 is 0 Å². The molecule has 0 heterocycles. The summed E-state index contributed by atoms with van der Waals surface area (Å²) >= 11 is 0. The largest absolute Gasteiger partial charge is 0.490 e. The van der Waals surface area contributed by atoms with E-state index in [1.165, 1.54) is 34.7 Å². The molecule has 0 bridgehead atoms. The Morgan fingerprint density at radius 2 is 2.10 bits per heavy atom. The van der Waals surface area contributed by atoms with Crippen LogP contribution in [-0.2, 0) is 11.2 Å². The molecule has 21 heavy (non-hydrogen) atoms. The molecule has 0 unspecified atom stereocenters. The second-order valence-electron chi connectivity index (χ2n) is 5.86. The summed E-state index contributed by atoms with van der Waals surface area (Å²) in [6, 6.07) is 10.7. The van der Waals surface area contributed by atoms with Crippen LogP contribution in [0.4, 0.5) is 0 Å². The van der Waals surface area contributed by atoms with Crippen molar-refractivity contribution in [2.24, 2.45) is 0 Å². The molecule has 0 saturated heterocycles. The van der Waals surface area contributed by atoms with Gasteiger partial charge in [0.15, 0.2) is 0 Å². The lowest BCUT2D eigenvalue weighted by Crippen LogP contribution is -2.22. The monoisotopic (exact) mass is 283 g/mol. The van der Waals surface area contributed by atoms with Crippen LogP contribution < -0.4 is 10.1 Å². The molecule has 0 radical (unpaired) electrons. The van der Waals surface area contributed by atoms with Crippen LogP contribution in [0.15, 0.2) is 30.3 Å². The lowest BCUT2D eigenvalue weighted by Gasteiger charge is -2.11. The molecule has 1 saturated carbocycles. The van der Waals surface area contributed by atoms with Crippen molar-refractivity contribution in [1.82, 2.24) is 5.32 Å². The van der Waals surface area contributed by atoms with Gasteiger partial charge in [-0.3, -0.25) is 4.79 Å². The van der Waals surface area contributed by atoms with Crippen LogP contribution >= 0.6 is 0 Å². The highest BCUT2D eigenvalue weighted by Gasteiger charge is 2.23. The first kappa shape index (κ1) is 13.9. The third-order valence-corrected chi connectivity index (χ3v) is 3.75. The zero-order valence-electron chi connectivity index (χ0n) is 12.6. The highest BCUT2D eigenvalue weighted by molar-refractivity contribution is 5.88. The molecular formula is C18H21NO2. The number of hydrogen-bond donors (Lipinski definition) is 1. The van der Waals surface area contributed by atoms with Gasteiger partial charge in [0.1, 0.15) is 5.75 Å². The van der Waals surface area contributed by atoms with Crippen molar-refractivity contribution >= 4 is 16.7 Å². The second-order valence-corrected chi connectivity index (χ2v) is 5.86. The molecule has 2 aromatic rings. The number of benzene rings is 2. The van der Waals surface area contributed by atoms with Crippen LogP contribution in [-0.4, -0.2) is 18.6 Å². The van der Waals surface area contributed by atoms with Crippen molar-refractivity contribution in [2.45, 2.75) is 39.2 Å². The minimum Gasteiger partial charge on any atom is -0.490 e. The maximum Gasteiger partial charge on any atom is 0.216 e. The van der Waals surface area contributed by atoms with E-state index in [2.05, 4.69) is 42.6 Å². The summed E-state index contributed by atoms with van der Waals surface area (Å²) in [5.74, 6) is 0.972. The fourth-order valence-corrected chi connectivity index (χ4v) is 2.61. The van der Waals surface area contributed by atoms with Gasteiger partial charge in [-0.1, -0.05) is 23.8 Å². The van der Waals surface area contributed by atoms with Crippen molar-refractivity contribution in [2.75, 3.05) is 6.54 Å². The van der Waals surface area contributed by atoms with E-state index >= 15 is 0 Å². The summed E-state index contributed by atoms with van der Waals surface area (Å²) in [5.41, 5.74) is 2.51. The molecule has 0 spiro atoms. The van der Waals surface area contributed by atoms with Gasteiger partial charge >= 0.3 is 0 Å². The average molecular weight is 283 g/mol. The Bertz CT molecular complexity index is 674. The van der Waals surface area contributed by atoms with E-state index in [0.717, 1.165) is 12.2 Å². The highest BCUT2D eigenvalue weighted by Crippen LogP contribution is 2.30. The maximum absolute atomic E-state index is 11.0. The van der Waals surface area contributed by atoms with E-state index in [1.807, 2.05) is 0 Å². The lowest BCUT2D eigenvalue weighted by molar-refractivity contribution is -0.118. The fourth-order valence-electron chi connectivity index (χ4n) is 2.61. The molecule has 3 rings (SSSR count). The molecule has 0 aliphatic heterocycles. The topological polar surface area (TPSA) is 38.3 Å². The molecule has 0 aromatic heterocycles. The Kier molecular flexibility index (Phi) is 3.82. The number of carbonyl (C=O) groups excluding carboxylic acids is 1. The van der Waals surface area contributed by atoms with E-state index in [1.54, 1.807) is 6.92 Å². The summed E-state index contributed by atoms with van der Waals surface area (Å²) in [7, 11) is 0. The number of rotatable bonds is 5. The second kappa shape index (κ2) is 5.76. The predicted molar refractivity (Wildman–Crippen MR) is 84.7 cm³/mol. The van der Waals surface area contributed by atoms with E-state index in [4.69, 9.17) is 4.74 Å². The number of nitrogens with one attached hydrogen (secondary N) is 1. The number of hydrogen-bond acceptors (Lipinski definition) is 2.